The summed E-state index contributed by atoms with van der Waals surface area (Å²) in [5.41, 5.74) is 2.92. The molecule has 0 fully saturated rings. The van der Waals surface area contributed by atoms with Crippen molar-refractivity contribution in [3.63, 3.8) is 0 Å². The number of nitrogens with zero attached hydrogens (tertiary/aromatic N) is 1. The van der Waals surface area contributed by atoms with Crippen LogP contribution in [-0.4, -0.2) is 36.3 Å². The second-order valence-electron chi connectivity index (χ2n) is 5.92. The van der Waals surface area contributed by atoms with Crippen LogP contribution >= 0.6 is 11.6 Å². The second-order valence-corrected chi connectivity index (χ2v) is 6.33. The van der Waals surface area contributed by atoms with Crippen molar-refractivity contribution in [2.24, 2.45) is 0 Å². The molecule has 6 heteroatoms. The summed E-state index contributed by atoms with van der Waals surface area (Å²) in [6, 6.07) is 12.5. The van der Waals surface area contributed by atoms with Gasteiger partial charge in [0.15, 0.2) is 0 Å². The fraction of sp³-hybridized carbons (Fsp3) is 0.300. The molecule has 2 amide bonds. The molecule has 0 aliphatic carbocycles. The minimum atomic E-state index is -0.200. The summed E-state index contributed by atoms with van der Waals surface area (Å²) < 4.78 is 0. The molecular weight excluding hydrogens is 350 g/mol. The maximum atomic E-state index is 12.4. The zero-order valence-electron chi connectivity index (χ0n) is 15.3. The number of amides is 2. The van der Waals surface area contributed by atoms with Crippen molar-refractivity contribution < 1.29 is 9.59 Å². The molecule has 0 aromatic heterocycles. The summed E-state index contributed by atoms with van der Waals surface area (Å²) >= 11 is 6.08. The van der Waals surface area contributed by atoms with Gasteiger partial charge in [0, 0.05) is 35.1 Å². The Hall–Kier alpha value is -2.53. The van der Waals surface area contributed by atoms with E-state index in [0.29, 0.717) is 29.4 Å². The Kier molecular flexibility index (Phi) is 7.04. The number of carbonyl (C=O) groups is 2. The van der Waals surface area contributed by atoms with Gasteiger partial charge in [-0.1, -0.05) is 23.7 Å². The van der Waals surface area contributed by atoms with E-state index in [9.17, 15) is 9.59 Å². The molecule has 0 saturated carbocycles. The zero-order chi connectivity index (χ0) is 19.1. The minimum Gasteiger partial charge on any atom is -0.376 e. The normalized spacial score (nSPS) is 10.3. The Balaban J connectivity index is 1.97. The molecule has 0 saturated heterocycles. The average Bonchev–Trinajstić information content (AvgIpc) is 2.64. The van der Waals surface area contributed by atoms with E-state index in [1.165, 1.54) is 0 Å². The number of aryl methyl sites for hydroxylation is 1. The second kappa shape index (κ2) is 9.25. The molecule has 2 aromatic rings. The van der Waals surface area contributed by atoms with Crippen molar-refractivity contribution in [3.05, 3.63) is 58.6 Å². The zero-order valence-corrected chi connectivity index (χ0v) is 16.1. The molecule has 0 spiro atoms. The number of nitrogens with one attached hydrogen (secondary N) is 2. The van der Waals surface area contributed by atoms with E-state index in [1.807, 2.05) is 32.9 Å². The van der Waals surface area contributed by atoms with E-state index in [0.717, 1.165) is 11.3 Å². The number of hydrogen-bond donors (Lipinski definition) is 2. The van der Waals surface area contributed by atoms with Crippen LogP contribution in [0.15, 0.2) is 42.5 Å². The van der Waals surface area contributed by atoms with Gasteiger partial charge in [-0.2, -0.15) is 0 Å². The van der Waals surface area contributed by atoms with Gasteiger partial charge in [0.25, 0.3) is 5.91 Å². The molecule has 138 valence electrons. The topological polar surface area (TPSA) is 61.4 Å². The molecule has 0 aliphatic rings. The van der Waals surface area contributed by atoms with Crippen molar-refractivity contribution in [2.75, 3.05) is 30.3 Å². The molecule has 2 aromatic carbocycles. The molecule has 0 radical (unpaired) electrons. The van der Waals surface area contributed by atoms with Crippen LogP contribution in [0.4, 0.5) is 11.4 Å². The first-order valence-corrected chi connectivity index (χ1v) is 9.01. The van der Waals surface area contributed by atoms with Crippen LogP contribution in [0.5, 0.6) is 0 Å². The highest BCUT2D eigenvalue weighted by atomic mass is 35.5. The summed E-state index contributed by atoms with van der Waals surface area (Å²) in [6.07, 6.45) is 0. The van der Waals surface area contributed by atoms with E-state index in [2.05, 4.69) is 10.6 Å². The van der Waals surface area contributed by atoms with Crippen LogP contribution < -0.4 is 10.6 Å². The third-order valence-electron chi connectivity index (χ3n) is 4.07. The molecule has 0 bridgehead atoms. The fourth-order valence-electron chi connectivity index (χ4n) is 2.51. The van der Waals surface area contributed by atoms with Crippen LogP contribution in [0.1, 0.15) is 29.8 Å². The highest BCUT2D eigenvalue weighted by molar-refractivity contribution is 6.31. The Morgan fingerprint density at radius 1 is 1.04 bits per heavy atom. The number of hydrogen-bond acceptors (Lipinski definition) is 3. The monoisotopic (exact) mass is 373 g/mol. The molecule has 0 aliphatic heterocycles. The molecule has 5 nitrogen and oxygen atoms in total. The SMILES string of the molecule is CCN(CC)C(=O)c1cccc(NC(=O)CNc2ccc(C)c(Cl)c2)c1. The molecule has 2 rings (SSSR count). The van der Waals surface area contributed by atoms with Gasteiger partial charge < -0.3 is 15.5 Å². The third kappa shape index (κ3) is 5.23. The summed E-state index contributed by atoms with van der Waals surface area (Å²) in [6.45, 7) is 7.20. The molecule has 2 N–H and O–H groups in total. The van der Waals surface area contributed by atoms with Crippen LogP contribution in [0.25, 0.3) is 0 Å². The first-order chi connectivity index (χ1) is 12.4. The lowest BCUT2D eigenvalue weighted by molar-refractivity contribution is -0.114. The summed E-state index contributed by atoms with van der Waals surface area (Å²) in [5, 5.41) is 6.49. The van der Waals surface area contributed by atoms with Crippen LogP contribution in [0.2, 0.25) is 5.02 Å². The Labute approximate surface area is 159 Å². The summed E-state index contributed by atoms with van der Waals surface area (Å²) in [5.74, 6) is -0.243. The number of halogens is 1. The molecule has 0 atom stereocenters. The van der Waals surface area contributed by atoms with E-state index in [4.69, 9.17) is 11.6 Å². The van der Waals surface area contributed by atoms with Gasteiger partial charge in [-0.05, 0) is 56.7 Å². The number of benzene rings is 2. The summed E-state index contributed by atoms with van der Waals surface area (Å²) in [7, 11) is 0. The lowest BCUT2D eigenvalue weighted by Gasteiger charge is -2.19. The van der Waals surface area contributed by atoms with Crippen molar-refractivity contribution in [1.82, 2.24) is 4.90 Å². The highest BCUT2D eigenvalue weighted by Crippen LogP contribution is 2.20. The Bertz CT molecular complexity index is 788. The van der Waals surface area contributed by atoms with E-state index >= 15 is 0 Å². The predicted molar refractivity (Wildman–Crippen MR) is 107 cm³/mol. The van der Waals surface area contributed by atoms with E-state index in [1.54, 1.807) is 35.2 Å². The lowest BCUT2D eigenvalue weighted by Crippen LogP contribution is -2.30. The lowest BCUT2D eigenvalue weighted by atomic mass is 10.1. The van der Waals surface area contributed by atoms with Crippen molar-refractivity contribution in [3.8, 4) is 0 Å². The Morgan fingerprint density at radius 3 is 2.42 bits per heavy atom. The van der Waals surface area contributed by atoms with Crippen LogP contribution in [-0.2, 0) is 4.79 Å². The maximum absolute atomic E-state index is 12.4. The van der Waals surface area contributed by atoms with E-state index in [-0.39, 0.29) is 18.4 Å². The van der Waals surface area contributed by atoms with Crippen molar-refractivity contribution >= 4 is 34.8 Å². The van der Waals surface area contributed by atoms with Gasteiger partial charge in [-0.25, -0.2) is 0 Å². The van der Waals surface area contributed by atoms with Crippen LogP contribution in [0.3, 0.4) is 0 Å². The molecular formula is C20H24ClN3O2. The van der Waals surface area contributed by atoms with Gasteiger partial charge >= 0.3 is 0 Å². The Morgan fingerprint density at radius 2 is 1.77 bits per heavy atom. The first kappa shape index (κ1) is 19.8. The largest absolute Gasteiger partial charge is 0.376 e. The van der Waals surface area contributed by atoms with Gasteiger partial charge in [-0.3, -0.25) is 9.59 Å². The average molecular weight is 374 g/mol. The van der Waals surface area contributed by atoms with Gasteiger partial charge in [0.05, 0.1) is 6.54 Å². The molecule has 26 heavy (non-hydrogen) atoms. The summed E-state index contributed by atoms with van der Waals surface area (Å²) in [4.78, 5) is 26.3. The van der Waals surface area contributed by atoms with Crippen molar-refractivity contribution in [2.45, 2.75) is 20.8 Å². The molecule has 0 unspecified atom stereocenters. The molecule has 0 heterocycles. The number of carbonyl (C=O) groups excluding carboxylic acids is 2. The van der Waals surface area contributed by atoms with Gasteiger partial charge in [-0.15, -0.1) is 0 Å². The number of anilines is 2. The van der Waals surface area contributed by atoms with Gasteiger partial charge in [0.1, 0.15) is 0 Å². The first-order valence-electron chi connectivity index (χ1n) is 8.63. The van der Waals surface area contributed by atoms with Crippen LogP contribution in [0, 0.1) is 6.92 Å². The third-order valence-corrected chi connectivity index (χ3v) is 4.48. The minimum absolute atomic E-state index is 0.0430. The number of rotatable bonds is 7. The van der Waals surface area contributed by atoms with E-state index < -0.39 is 0 Å². The quantitative estimate of drug-likeness (QED) is 0.765. The maximum Gasteiger partial charge on any atom is 0.253 e. The predicted octanol–water partition coefficient (Wildman–Crippen LogP) is 4.18. The van der Waals surface area contributed by atoms with Crippen molar-refractivity contribution in [1.29, 1.82) is 0 Å². The fourth-order valence-corrected chi connectivity index (χ4v) is 2.69. The smallest absolute Gasteiger partial charge is 0.253 e. The highest BCUT2D eigenvalue weighted by Gasteiger charge is 2.13. The standard InChI is InChI=1S/C20H24ClN3O2/c1-4-24(5-2)20(26)15-7-6-8-17(11-15)23-19(25)13-22-16-10-9-14(3)18(21)12-16/h6-12,22H,4-5,13H2,1-3H3,(H,23,25). The van der Waals surface area contributed by atoms with Gasteiger partial charge in [0.2, 0.25) is 5.91 Å².